The van der Waals surface area contributed by atoms with Crippen molar-refractivity contribution in [2.24, 2.45) is 0 Å². The van der Waals surface area contributed by atoms with E-state index in [2.05, 4.69) is 16.0 Å². The molecule has 0 saturated carbocycles. The summed E-state index contributed by atoms with van der Waals surface area (Å²) in [7, 11) is 0. The van der Waals surface area contributed by atoms with Gasteiger partial charge in [0.05, 0.1) is 5.02 Å². The predicted molar refractivity (Wildman–Crippen MR) is 101 cm³/mol. The zero-order chi connectivity index (χ0) is 19.4. The average molecular weight is 386 g/mol. The maximum absolute atomic E-state index is 12.0. The van der Waals surface area contributed by atoms with Crippen molar-refractivity contribution in [3.05, 3.63) is 64.3 Å². The average Bonchev–Trinajstić information content (AvgIpc) is 2.93. The third-order valence-electron chi connectivity index (χ3n) is 3.68. The van der Waals surface area contributed by atoms with Crippen molar-refractivity contribution < 1.29 is 19.1 Å². The highest BCUT2D eigenvalue weighted by atomic mass is 35.5. The summed E-state index contributed by atoms with van der Waals surface area (Å²) in [6, 6.07) is 11.6. The molecule has 0 bridgehead atoms. The summed E-state index contributed by atoms with van der Waals surface area (Å²) in [5, 5.41) is 7.50. The second-order valence-electron chi connectivity index (χ2n) is 5.86. The second-order valence-corrected chi connectivity index (χ2v) is 6.27. The molecule has 138 valence electrons. The Morgan fingerprint density at radius 1 is 1.15 bits per heavy atom. The minimum Gasteiger partial charge on any atom is -0.482 e. The molecule has 0 atom stereocenters. The Morgan fingerprint density at radius 2 is 1.89 bits per heavy atom. The van der Waals surface area contributed by atoms with E-state index in [9.17, 15) is 14.4 Å². The van der Waals surface area contributed by atoms with Crippen molar-refractivity contribution in [2.45, 2.75) is 6.92 Å². The molecule has 8 heteroatoms. The van der Waals surface area contributed by atoms with Crippen molar-refractivity contribution >= 4 is 41.2 Å². The van der Waals surface area contributed by atoms with E-state index in [0.717, 1.165) is 5.56 Å². The number of urea groups is 1. The largest absolute Gasteiger partial charge is 0.482 e. The number of amides is 4. The Labute approximate surface area is 160 Å². The van der Waals surface area contributed by atoms with Crippen LogP contribution >= 0.6 is 11.6 Å². The van der Waals surface area contributed by atoms with Crippen LogP contribution in [-0.2, 0) is 9.59 Å². The van der Waals surface area contributed by atoms with Gasteiger partial charge in [-0.3, -0.25) is 14.9 Å². The van der Waals surface area contributed by atoms with Crippen LogP contribution in [0.1, 0.15) is 11.1 Å². The van der Waals surface area contributed by atoms with Gasteiger partial charge in [0.25, 0.3) is 11.8 Å². The number of aryl methyl sites for hydroxylation is 1. The molecule has 3 rings (SSSR count). The first-order chi connectivity index (χ1) is 12.9. The lowest BCUT2D eigenvalue weighted by molar-refractivity contribution is -0.118. The van der Waals surface area contributed by atoms with E-state index < -0.39 is 11.9 Å². The molecule has 2 aromatic carbocycles. The van der Waals surface area contributed by atoms with Gasteiger partial charge in [0.15, 0.2) is 6.61 Å². The van der Waals surface area contributed by atoms with Crippen LogP contribution in [0.4, 0.5) is 10.5 Å². The molecular formula is C19H16ClN3O4. The van der Waals surface area contributed by atoms with E-state index in [0.29, 0.717) is 17.0 Å². The smallest absolute Gasteiger partial charge is 0.326 e. The van der Waals surface area contributed by atoms with Crippen LogP contribution in [0.3, 0.4) is 0 Å². The first-order valence-corrected chi connectivity index (χ1v) is 8.41. The van der Waals surface area contributed by atoms with Crippen molar-refractivity contribution in [1.29, 1.82) is 0 Å². The fourth-order valence-corrected chi connectivity index (χ4v) is 2.59. The normalized spacial score (nSPS) is 14.7. The molecule has 1 aliphatic heterocycles. The van der Waals surface area contributed by atoms with Gasteiger partial charge in [-0.1, -0.05) is 35.4 Å². The van der Waals surface area contributed by atoms with Gasteiger partial charge in [0.2, 0.25) is 0 Å². The highest BCUT2D eigenvalue weighted by Gasteiger charge is 2.22. The molecule has 1 saturated heterocycles. The summed E-state index contributed by atoms with van der Waals surface area (Å²) in [4.78, 5) is 34.6. The molecule has 1 heterocycles. The van der Waals surface area contributed by atoms with Crippen LogP contribution in [0.15, 0.2) is 48.2 Å². The Kier molecular flexibility index (Phi) is 5.42. The molecule has 7 nitrogen and oxygen atoms in total. The summed E-state index contributed by atoms with van der Waals surface area (Å²) in [5.41, 5.74) is 2.51. The second kappa shape index (κ2) is 7.92. The van der Waals surface area contributed by atoms with Crippen molar-refractivity contribution in [1.82, 2.24) is 10.6 Å². The first-order valence-electron chi connectivity index (χ1n) is 8.03. The van der Waals surface area contributed by atoms with Gasteiger partial charge < -0.3 is 15.4 Å². The van der Waals surface area contributed by atoms with Crippen LogP contribution in [0.25, 0.3) is 6.08 Å². The highest BCUT2D eigenvalue weighted by Crippen LogP contribution is 2.26. The summed E-state index contributed by atoms with van der Waals surface area (Å²) < 4.78 is 5.44. The predicted octanol–water partition coefficient (Wildman–Crippen LogP) is 2.85. The first kappa shape index (κ1) is 18.5. The lowest BCUT2D eigenvalue weighted by Crippen LogP contribution is -2.22. The molecule has 0 aliphatic carbocycles. The molecule has 0 spiro atoms. The van der Waals surface area contributed by atoms with E-state index in [4.69, 9.17) is 16.3 Å². The lowest BCUT2D eigenvalue weighted by atomic mass is 10.2. The number of nitrogens with one attached hydrogen (secondary N) is 3. The topological polar surface area (TPSA) is 96.5 Å². The maximum atomic E-state index is 12.0. The molecule has 2 aromatic rings. The minimum absolute atomic E-state index is 0.127. The lowest BCUT2D eigenvalue weighted by Gasteiger charge is -2.09. The zero-order valence-electron chi connectivity index (χ0n) is 14.3. The highest BCUT2D eigenvalue weighted by molar-refractivity contribution is 6.32. The molecule has 0 aromatic heterocycles. The van der Waals surface area contributed by atoms with Gasteiger partial charge in [-0.15, -0.1) is 0 Å². The number of ether oxygens (including phenoxy) is 1. The van der Waals surface area contributed by atoms with Gasteiger partial charge in [-0.2, -0.15) is 0 Å². The third kappa shape index (κ3) is 4.86. The number of hydrogen-bond acceptors (Lipinski definition) is 4. The SMILES string of the molecule is Cc1ccc(NC(=O)COc2ccc(/C=C3/NC(=O)NC3=O)cc2Cl)cc1. The summed E-state index contributed by atoms with van der Waals surface area (Å²) >= 11 is 6.17. The summed E-state index contributed by atoms with van der Waals surface area (Å²) in [6.45, 7) is 1.76. The number of halogens is 1. The van der Waals surface area contributed by atoms with Gasteiger partial charge >= 0.3 is 6.03 Å². The summed E-state index contributed by atoms with van der Waals surface area (Å²) in [6.07, 6.45) is 1.49. The molecule has 1 fully saturated rings. The third-order valence-corrected chi connectivity index (χ3v) is 3.98. The molecule has 27 heavy (non-hydrogen) atoms. The number of imide groups is 1. The number of carbonyl (C=O) groups is 3. The summed E-state index contributed by atoms with van der Waals surface area (Å²) in [5.74, 6) is -0.492. The van der Waals surface area contributed by atoms with Crippen molar-refractivity contribution in [3.8, 4) is 5.75 Å². The van der Waals surface area contributed by atoms with Crippen LogP contribution in [-0.4, -0.2) is 24.5 Å². The van der Waals surface area contributed by atoms with Crippen LogP contribution in [0, 0.1) is 6.92 Å². The quantitative estimate of drug-likeness (QED) is 0.544. The van der Waals surface area contributed by atoms with E-state index in [1.165, 1.54) is 6.08 Å². The Balaban J connectivity index is 1.60. The van der Waals surface area contributed by atoms with E-state index >= 15 is 0 Å². The number of hydrogen-bond donors (Lipinski definition) is 3. The van der Waals surface area contributed by atoms with Crippen LogP contribution in [0.5, 0.6) is 5.75 Å². The fourth-order valence-electron chi connectivity index (χ4n) is 2.35. The Hall–Kier alpha value is -3.32. The number of anilines is 1. The van der Waals surface area contributed by atoms with Gasteiger partial charge in [0.1, 0.15) is 11.4 Å². The maximum Gasteiger partial charge on any atom is 0.326 e. The van der Waals surface area contributed by atoms with Crippen LogP contribution in [0.2, 0.25) is 5.02 Å². The van der Waals surface area contributed by atoms with Crippen molar-refractivity contribution in [2.75, 3.05) is 11.9 Å². The van der Waals surface area contributed by atoms with E-state index in [-0.39, 0.29) is 23.2 Å². The van der Waals surface area contributed by atoms with Gasteiger partial charge in [-0.25, -0.2) is 4.79 Å². The Morgan fingerprint density at radius 3 is 2.52 bits per heavy atom. The molecule has 4 amide bonds. The van der Waals surface area contributed by atoms with Gasteiger partial charge in [-0.05, 0) is 42.8 Å². The monoisotopic (exact) mass is 385 g/mol. The van der Waals surface area contributed by atoms with Gasteiger partial charge in [0, 0.05) is 5.69 Å². The van der Waals surface area contributed by atoms with E-state index in [1.54, 1.807) is 30.3 Å². The molecule has 0 unspecified atom stereocenters. The standard InChI is InChI=1S/C19H16ClN3O4/c1-11-2-5-13(6-3-11)21-17(24)10-27-16-7-4-12(8-14(16)20)9-15-18(25)23-19(26)22-15/h2-9H,10H2,1H3,(H,21,24)(H2,22,23,25,26)/b15-9+. The fraction of sp³-hybridized carbons (Fsp3) is 0.105. The molecular weight excluding hydrogens is 370 g/mol. The molecule has 1 aliphatic rings. The number of carbonyl (C=O) groups excluding carboxylic acids is 3. The zero-order valence-corrected chi connectivity index (χ0v) is 15.1. The molecule has 3 N–H and O–H groups in total. The Bertz CT molecular complexity index is 938. The van der Waals surface area contributed by atoms with Crippen molar-refractivity contribution in [3.63, 3.8) is 0 Å². The van der Waals surface area contributed by atoms with E-state index in [1.807, 2.05) is 19.1 Å². The number of benzene rings is 2. The minimum atomic E-state index is -0.572. The number of rotatable bonds is 5. The molecule has 0 radical (unpaired) electrons. The van der Waals surface area contributed by atoms with Crippen LogP contribution < -0.4 is 20.7 Å².